The van der Waals surface area contributed by atoms with E-state index in [9.17, 15) is 9.18 Å². The summed E-state index contributed by atoms with van der Waals surface area (Å²) in [7, 11) is 0. The first kappa shape index (κ1) is 18.4. The van der Waals surface area contributed by atoms with E-state index in [-0.39, 0.29) is 16.5 Å². The average Bonchev–Trinajstić information content (AvgIpc) is 2.94. The van der Waals surface area contributed by atoms with Gasteiger partial charge in [0.15, 0.2) is 0 Å². The number of nitrogens with one attached hydrogen (secondary N) is 1. The van der Waals surface area contributed by atoms with Crippen LogP contribution in [0.25, 0.3) is 11.0 Å². The highest BCUT2D eigenvalue weighted by molar-refractivity contribution is 6.33. The van der Waals surface area contributed by atoms with Crippen molar-refractivity contribution in [2.24, 2.45) is 5.92 Å². The van der Waals surface area contributed by atoms with E-state index in [1.54, 1.807) is 6.20 Å². The van der Waals surface area contributed by atoms with Gasteiger partial charge in [-0.05, 0) is 48.2 Å². The van der Waals surface area contributed by atoms with Gasteiger partial charge in [-0.2, -0.15) is 0 Å². The third kappa shape index (κ3) is 4.05. The van der Waals surface area contributed by atoms with E-state index in [1.807, 2.05) is 12.1 Å². The Hall–Kier alpha value is -2.40. The van der Waals surface area contributed by atoms with Crippen molar-refractivity contribution in [3.63, 3.8) is 0 Å². The van der Waals surface area contributed by atoms with Crippen LogP contribution in [0.5, 0.6) is 0 Å². The van der Waals surface area contributed by atoms with Crippen LogP contribution in [0.15, 0.2) is 42.7 Å². The second kappa shape index (κ2) is 7.87. The Bertz CT molecular complexity index is 936. The Balaban J connectivity index is 1.72. The first-order valence-electron chi connectivity index (χ1n) is 8.61. The van der Waals surface area contributed by atoms with Crippen molar-refractivity contribution < 1.29 is 9.18 Å². The van der Waals surface area contributed by atoms with Crippen LogP contribution in [0.3, 0.4) is 0 Å². The van der Waals surface area contributed by atoms with Crippen molar-refractivity contribution in [1.82, 2.24) is 14.9 Å². The summed E-state index contributed by atoms with van der Waals surface area (Å²) < 4.78 is 15.5. The number of nitrogens with zero attached hydrogens (tertiary/aromatic N) is 2. The monoisotopic (exact) mass is 373 g/mol. The minimum Gasteiger partial charge on any atom is -0.352 e. The molecule has 0 saturated carbocycles. The van der Waals surface area contributed by atoms with Crippen LogP contribution in [0, 0.1) is 11.7 Å². The number of carbonyl (C=O) groups is 1. The second-order valence-corrected chi connectivity index (χ2v) is 7.11. The molecule has 0 saturated heterocycles. The number of amides is 1. The smallest absolute Gasteiger partial charge is 0.252 e. The molecule has 0 spiro atoms. The summed E-state index contributed by atoms with van der Waals surface area (Å²) >= 11 is 5.98. The van der Waals surface area contributed by atoms with Gasteiger partial charge in [-0.1, -0.05) is 25.4 Å². The number of fused-ring (bicyclic) bond motifs is 1. The lowest BCUT2D eigenvalue weighted by Gasteiger charge is -2.07. The molecule has 0 aliphatic carbocycles. The van der Waals surface area contributed by atoms with Crippen LogP contribution in [0.2, 0.25) is 5.02 Å². The molecule has 0 atom stereocenters. The maximum Gasteiger partial charge on any atom is 0.252 e. The van der Waals surface area contributed by atoms with Crippen molar-refractivity contribution in [3.8, 4) is 0 Å². The van der Waals surface area contributed by atoms with Gasteiger partial charge in [0, 0.05) is 30.9 Å². The molecule has 1 N–H and O–H groups in total. The van der Waals surface area contributed by atoms with Gasteiger partial charge in [0.25, 0.3) is 5.91 Å². The van der Waals surface area contributed by atoms with Crippen LogP contribution >= 0.6 is 11.6 Å². The molecule has 0 radical (unpaired) electrons. The number of rotatable bonds is 6. The fraction of sp³-hybridized carbons (Fsp3) is 0.300. The molecule has 0 aliphatic rings. The first-order valence-corrected chi connectivity index (χ1v) is 8.99. The summed E-state index contributed by atoms with van der Waals surface area (Å²) in [5.74, 6) is -0.351. The molecule has 0 aliphatic heterocycles. The predicted octanol–water partition coefficient (Wildman–Crippen LogP) is 4.46. The Morgan fingerprint density at radius 2 is 2.15 bits per heavy atom. The van der Waals surface area contributed by atoms with E-state index >= 15 is 0 Å². The lowest BCUT2D eigenvalue weighted by Crippen LogP contribution is -2.26. The molecule has 2 aromatic heterocycles. The van der Waals surface area contributed by atoms with Gasteiger partial charge in [0.1, 0.15) is 11.5 Å². The number of hydrogen-bond acceptors (Lipinski definition) is 2. The summed E-state index contributed by atoms with van der Waals surface area (Å²) in [5.41, 5.74) is 2.23. The molecule has 0 fully saturated rings. The van der Waals surface area contributed by atoms with Gasteiger partial charge >= 0.3 is 0 Å². The highest BCUT2D eigenvalue weighted by Crippen LogP contribution is 2.21. The molecule has 3 aromatic rings. The van der Waals surface area contributed by atoms with E-state index in [0.717, 1.165) is 29.2 Å². The van der Waals surface area contributed by atoms with Crippen molar-refractivity contribution in [2.75, 3.05) is 6.54 Å². The molecule has 3 rings (SSSR count). The second-order valence-electron chi connectivity index (χ2n) is 6.71. The van der Waals surface area contributed by atoms with Gasteiger partial charge < -0.3 is 9.88 Å². The molecule has 1 aromatic carbocycles. The number of hydrogen-bond donors (Lipinski definition) is 1. The Morgan fingerprint density at radius 1 is 1.35 bits per heavy atom. The lowest BCUT2D eigenvalue weighted by molar-refractivity contribution is 0.0954. The van der Waals surface area contributed by atoms with E-state index < -0.39 is 5.82 Å². The molecule has 4 nitrogen and oxygen atoms in total. The van der Waals surface area contributed by atoms with Crippen LogP contribution in [0.4, 0.5) is 4.39 Å². The van der Waals surface area contributed by atoms with Gasteiger partial charge in [-0.3, -0.25) is 4.79 Å². The highest BCUT2D eigenvalue weighted by atomic mass is 35.5. The van der Waals surface area contributed by atoms with Crippen LogP contribution in [-0.4, -0.2) is 22.0 Å². The number of benzene rings is 1. The molecule has 2 heterocycles. The number of carbonyl (C=O) groups excluding carboxylic acids is 1. The third-order valence-corrected chi connectivity index (χ3v) is 4.46. The van der Waals surface area contributed by atoms with Gasteiger partial charge in [-0.25, -0.2) is 9.37 Å². The Morgan fingerprint density at radius 3 is 2.92 bits per heavy atom. The average molecular weight is 374 g/mol. The topological polar surface area (TPSA) is 46.9 Å². The molecule has 26 heavy (non-hydrogen) atoms. The van der Waals surface area contributed by atoms with Crippen molar-refractivity contribution >= 4 is 28.5 Å². The van der Waals surface area contributed by atoms with E-state index in [1.165, 1.54) is 12.1 Å². The summed E-state index contributed by atoms with van der Waals surface area (Å²) in [6, 6.07) is 7.72. The summed E-state index contributed by atoms with van der Waals surface area (Å²) in [6.45, 7) is 5.65. The van der Waals surface area contributed by atoms with E-state index in [4.69, 9.17) is 11.6 Å². The maximum absolute atomic E-state index is 13.3. The van der Waals surface area contributed by atoms with Gasteiger partial charge in [0.2, 0.25) is 0 Å². The molecule has 0 unspecified atom stereocenters. The van der Waals surface area contributed by atoms with Crippen molar-refractivity contribution in [3.05, 3.63) is 64.7 Å². The summed E-state index contributed by atoms with van der Waals surface area (Å²) in [6.07, 6.45) is 4.54. The molecular weight excluding hydrogens is 353 g/mol. The minimum absolute atomic E-state index is 0.149. The summed E-state index contributed by atoms with van der Waals surface area (Å²) in [5, 5.41) is 4.14. The zero-order valence-corrected chi connectivity index (χ0v) is 15.6. The number of halogens is 2. The molecule has 6 heteroatoms. The van der Waals surface area contributed by atoms with Crippen LogP contribution < -0.4 is 5.32 Å². The Labute approximate surface area is 157 Å². The molecular formula is C20H21ClFN3O. The largest absolute Gasteiger partial charge is 0.352 e. The summed E-state index contributed by atoms with van der Waals surface area (Å²) in [4.78, 5) is 16.7. The van der Waals surface area contributed by atoms with Gasteiger partial charge in [-0.15, -0.1) is 0 Å². The number of pyridine rings is 1. The molecule has 1 amide bonds. The fourth-order valence-electron chi connectivity index (χ4n) is 3.00. The standard InChI is InChI=1S/C20H21ClFN3O/c1-13(2)11-25-12-14(16-4-3-8-23-19(16)25)7-9-24-20(26)17-10-15(22)5-6-18(17)21/h3-6,8,10,12-13H,7,9,11H2,1-2H3,(H,24,26). The predicted molar refractivity (Wildman–Crippen MR) is 102 cm³/mol. The third-order valence-electron chi connectivity index (χ3n) is 4.13. The zero-order chi connectivity index (χ0) is 18.7. The quantitative estimate of drug-likeness (QED) is 0.693. The molecule has 136 valence electrons. The first-order chi connectivity index (χ1) is 12.5. The SMILES string of the molecule is CC(C)Cn1cc(CCNC(=O)c2cc(F)ccc2Cl)c2cccnc21. The van der Waals surface area contributed by atoms with E-state index in [2.05, 4.69) is 34.9 Å². The zero-order valence-electron chi connectivity index (χ0n) is 14.8. The van der Waals surface area contributed by atoms with Gasteiger partial charge in [0.05, 0.1) is 10.6 Å². The minimum atomic E-state index is -0.484. The lowest BCUT2D eigenvalue weighted by atomic mass is 10.1. The van der Waals surface area contributed by atoms with E-state index in [0.29, 0.717) is 18.9 Å². The fourth-order valence-corrected chi connectivity index (χ4v) is 3.21. The normalized spacial score (nSPS) is 11.3. The number of aromatic nitrogens is 2. The van der Waals surface area contributed by atoms with Crippen molar-refractivity contribution in [2.45, 2.75) is 26.8 Å². The highest BCUT2D eigenvalue weighted by Gasteiger charge is 2.13. The van der Waals surface area contributed by atoms with Crippen LogP contribution in [-0.2, 0) is 13.0 Å². The molecule has 0 bridgehead atoms. The van der Waals surface area contributed by atoms with Crippen molar-refractivity contribution in [1.29, 1.82) is 0 Å². The Kier molecular flexibility index (Phi) is 5.57. The maximum atomic E-state index is 13.3. The van der Waals surface area contributed by atoms with Crippen LogP contribution in [0.1, 0.15) is 29.8 Å².